The molecule has 1 aliphatic rings. The second-order valence-corrected chi connectivity index (χ2v) is 6.65. The van der Waals surface area contributed by atoms with E-state index in [1.54, 1.807) is 29.2 Å². The quantitative estimate of drug-likeness (QED) is 0.833. The molecule has 0 atom stereocenters. The Morgan fingerprint density at radius 2 is 1.74 bits per heavy atom. The number of nitrogens with one attached hydrogen (secondary N) is 1. The average Bonchev–Trinajstić information content (AvgIpc) is 2.70. The van der Waals surface area contributed by atoms with Crippen LogP contribution < -0.4 is 10.2 Å². The zero-order chi connectivity index (χ0) is 19.4. The van der Waals surface area contributed by atoms with Crippen LogP contribution in [0.1, 0.15) is 16.7 Å². The molecule has 0 bridgehead atoms. The van der Waals surface area contributed by atoms with Gasteiger partial charge < -0.3 is 15.1 Å². The Morgan fingerprint density at radius 1 is 1.04 bits per heavy atom. The van der Waals surface area contributed by atoms with Gasteiger partial charge in [-0.2, -0.15) is 5.26 Å². The van der Waals surface area contributed by atoms with E-state index in [4.69, 9.17) is 5.26 Å². The summed E-state index contributed by atoms with van der Waals surface area (Å²) < 4.78 is 0. The van der Waals surface area contributed by atoms with Crippen LogP contribution in [0, 0.1) is 25.2 Å². The molecule has 0 aromatic heterocycles. The number of hydrogen-bond donors (Lipinski definition) is 1. The lowest BCUT2D eigenvalue weighted by Crippen LogP contribution is -2.51. The van der Waals surface area contributed by atoms with Crippen molar-refractivity contribution in [2.45, 2.75) is 13.8 Å². The van der Waals surface area contributed by atoms with Crippen molar-refractivity contribution in [3.05, 3.63) is 59.2 Å². The summed E-state index contributed by atoms with van der Waals surface area (Å²) in [5.74, 6) is -1.22. The number of nitrogens with zero attached hydrogens (tertiary/aromatic N) is 3. The van der Waals surface area contributed by atoms with Crippen LogP contribution in [-0.2, 0) is 9.59 Å². The first-order valence-electron chi connectivity index (χ1n) is 8.91. The first-order chi connectivity index (χ1) is 13.0. The zero-order valence-electron chi connectivity index (χ0n) is 15.5. The minimum atomic E-state index is -0.676. The predicted molar refractivity (Wildman–Crippen MR) is 104 cm³/mol. The van der Waals surface area contributed by atoms with Crippen LogP contribution in [0.4, 0.5) is 11.4 Å². The Hall–Kier alpha value is -3.33. The van der Waals surface area contributed by atoms with Crippen LogP contribution in [0.15, 0.2) is 42.5 Å². The van der Waals surface area contributed by atoms with E-state index in [9.17, 15) is 9.59 Å². The van der Waals surface area contributed by atoms with Gasteiger partial charge in [-0.1, -0.05) is 18.2 Å². The molecule has 0 saturated carbocycles. The highest BCUT2D eigenvalue weighted by molar-refractivity contribution is 6.39. The van der Waals surface area contributed by atoms with Gasteiger partial charge in [-0.15, -0.1) is 0 Å². The van der Waals surface area contributed by atoms with Crippen LogP contribution in [0.5, 0.6) is 0 Å². The van der Waals surface area contributed by atoms with Gasteiger partial charge in [0.05, 0.1) is 11.6 Å². The van der Waals surface area contributed by atoms with E-state index < -0.39 is 11.8 Å². The van der Waals surface area contributed by atoms with Crippen molar-refractivity contribution in [1.82, 2.24) is 4.90 Å². The molecule has 1 aliphatic heterocycles. The lowest BCUT2D eigenvalue weighted by Gasteiger charge is -2.36. The van der Waals surface area contributed by atoms with Crippen LogP contribution in [0.2, 0.25) is 0 Å². The number of piperazine rings is 1. The van der Waals surface area contributed by atoms with Crippen LogP contribution in [0.25, 0.3) is 0 Å². The molecule has 0 radical (unpaired) electrons. The molecule has 6 nitrogen and oxygen atoms in total. The fraction of sp³-hybridized carbons (Fsp3) is 0.286. The molecule has 1 heterocycles. The monoisotopic (exact) mass is 362 g/mol. The molecule has 0 spiro atoms. The standard InChI is InChI=1S/C21H22N4O2/c1-15-5-3-8-19(16(15)2)24-9-11-25(12-10-24)21(27)20(26)23-18-7-4-6-17(13-18)14-22/h3-8,13H,9-12H2,1-2H3,(H,23,26). The summed E-state index contributed by atoms with van der Waals surface area (Å²) in [4.78, 5) is 28.5. The molecule has 1 fully saturated rings. The maximum absolute atomic E-state index is 12.5. The van der Waals surface area contributed by atoms with E-state index in [1.165, 1.54) is 16.8 Å². The molecular formula is C21H22N4O2. The maximum atomic E-state index is 12.5. The molecule has 6 heteroatoms. The Bertz CT molecular complexity index is 909. The van der Waals surface area contributed by atoms with Crippen molar-refractivity contribution < 1.29 is 9.59 Å². The lowest BCUT2D eigenvalue weighted by atomic mass is 10.1. The fourth-order valence-electron chi connectivity index (χ4n) is 3.22. The number of nitriles is 1. The van der Waals surface area contributed by atoms with E-state index >= 15 is 0 Å². The smallest absolute Gasteiger partial charge is 0.313 e. The Balaban J connectivity index is 1.60. The highest BCUT2D eigenvalue weighted by Crippen LogP contribution is 2.24. The topological polar surface area (TPSA) is 76.4 Å². The van der Waals surface area contributed by atoms with Crippen molar-refractivity contribution in [3.63, 3.8) is 0 Å². The van der Waals surface area contributed by atoms with Crippen molar-refractivity contribution in [3.8, 4) is 6.07 Å². The van der Waals surface area contributed by atoms with E-state index in [0.717, 1.165) is 0 Å². The number of carbonyl (C=O) groups is 2. The average molecular weight is 362 g/mol. The molecule has 27 heavy (non-hydrogen) atoms. The molecule has 0 aliphatic carbocycles. The largest absolute Gasteiger partial charge is 0.368 e. The third-order valence-corrected chi connectivity index (χ3v) is 4.93. The number of hydrogen-bond acceptors (Lipinski definition) is 4. The molecule has 1 N–H and O–H groups in total. The summed E-state index contributed by atoms with van der Waals surface area (Å²) >= 11 is 0. The first kappa shape index (κ1) is 18.5. The number of rotatable bonds is 2. The third-order valence-electron chi connectivity index (χ3n) is 4.93. The zero-order valence-corrected chi connectivity index (χ0v) is 15.5. The van der Waals surface area contributed by atoms with Crippen molar-refractivity contribution in [2.24, 2.45) is 0 Å². The molecule has 2 aromatic rings. The first-order valence-corrected chi connectivity index (χ1v) is 8.91. The van der Waals surface area contributed by atoms with Crippen LogP contribution in [0.3, 0.4) is 0 Å². The maximum Gasteiger partial charge on any atom is 0.313 e. The van der Waals surface area contributed by atoms with Gasteiger partial charge in [0.1, 0.15) is 0 Å². The van der Waals surface area contributed by atoms with Crippen molar-refractivity contribution >= 4 is 23.2 Å². The van der Waals surface area contributed by atoms with Crippen LogP contribution in [-0.4, -0.2) is 42.9 Å². The predicted octanol–water partition coefficient (Wildman–Crippen LogP) is 2.46. The van der Waals surface area contributed by atoms with Gasteiger partial charge in [0.2, 0.25) is 0 Å². The normalized spacial score (nSPS) is 13.8. The summed E-state index contributed by atoms with van der Waals surface area (Å²) in [6.45, 7) is 6.56. The minimum absolute atomic E-state index is 0.433. The van der Waals surface area contributed by atoms with Gasteiger partial charge >= 0.3 is 11.8 Å². The summed E-state index contributed by atoms with van der Waals surface area (Å²) in [7, 11) is 0. The molecule has 0 unspecified atom stereocenters. The number of aryl methyl sites for hydroxylation is 1. The van der Waals surface area contributed by atoms with E-state index in [-0.39, 0.29) is 0 Å². The third kappa shape index (κ3) is 4.09. The minimum Gasteiger partial charge on any atom is -0.368 e. The highest BCUT2D eigenvalue weighted by Gasteiger charge is 2.26. The Kier molecular flexibility index (Phi) is 5.41. The van der Waals surface area contributed by atoms with Gasteiger partial charge in [0.15, 0.2) is 0 Å². The Morgan fingerprint density at radius 3 is 2.44 bits per heavy atom. The van der Waals surface area contributed by atoms with Crippen LogP contribution >= 0.6 is 0 Å². The number of carbonyl (C=O) groups excluding carboxylic acids is 2. The van der Waals surface area contributed by atoms with Gasteiger partial charge in [-0.3, -0.25) is 9.59 Å². The van der Waals surface area contributed by atoms with E-state index in [1.807, 2.05) is 12.1 Å². The summed E-state index contributed by atoms with van der Waals surface area (Å²) in [6, 6.07) is 14.7. The van der Waals surface area contributed by atoms with Gasteiger partial charge in [-0.25, -0.2) is 0 Å². The molecule has 2 aromatic carbocycles. The fourth-order valence-corrected chi connectivity index (χ4v) is 3.22. The van der Waals surface area contributed by atoms with Crippen molar-refractivity contribution in [1.29, 1.82) is 5.26 Å². The summed E-state index contributed by atoms with van der Waals surface area (Å²) in [5.41, 5.74) is 4.54. The molecule has 1 saturated heterocycles. The highest BCUT2D eigenvalue weighted by atomic mass is 16.2. The van der Waals surface area contributed by atoms with Gasteiger partial charge in [0.25, 0.3) is 0 Å². The lowest BCUT2D eigenvalue weighted by molar-refractivity contribution is -0.143. The summed E-state index contributed by atoms with van der Waals surface area (Å²) in [5, 5.41) is 11.5. The summed E-state index contributed by atoms with van der Waals surface area (Å²) in [6.07, 6.45) is 0. The SMILES string of the molecule is Cc1cccc(N2CCN(C(=O)C(=O)Nc3cccc(C#N)c3)CC2)c1C. The molecule has 3 rings (SSSR count). The number of benzene rings is 2. The van der Waals surface area contributed by atoms with Gasteiger partial charge in [0, 0.05) is 37.6 Å². The van der Waals surface area contributed by atoms with E-state index in [2.05, 4.69) is 36.2 Å². The molecular weight excluding hydrogens is 340 g/mol. The number of amides is 2. The molecule has 138 valence electrons. The molecule has 2 amide bonds. The second kappa shape index (κ2) is 7.92. The van der Waals surface area contributed by atoms with Gasteiger partial charge in [-0.05, 0) is 49.2 Å². The Labute approximate surface area is 159 Å². The second-order valence-electron chi connectivity index (χ2n) is 6.65. The van der Waals surface area contributed by atoms with E-state index in [0.29, 0.717) is 37.4 Å². The number of anilines is 2. The van der Waals surface area contributed by atoms with Crippen molar-refractivity contribution in [2.75, 3.05) is 36.4 Å².